The highest BCUT2D eigenvalue weighted by molar-refractivity contribution is 9.10. The SMILES string of the molecule is CC[C@@H](C)[C@@H](NC(=O)OCc1ccccc1)C(=O)N[C@H](Cc1ccc(Br)cc1)C(=O)NO. The van der Waals surface area contributed by atoms with Crippen LogP contribution in [-0.4, -0.2) is 35.2 Å². The van der Waals surface area contributed by atoms with Crippen molar-refractivity contribution in [2.45, 2.75) is 45.4 Å². The molecule has 32 heavy (non-hydrogen) atoms. The summed E-state index contributed by atoms with van der Waals surface area (Å²) in [6.07, 6.45) is 0.0444. The zero-order chi connectivity index (χ0) is 23.5. The van der Waals surface area contributed by atoms with Crippen molar-refractivity contribution in [1.29, 1.82) is 0 Å². The van der Waals surface area contributed by atoms with E-state index in [2.05, 4.69) is 26.6 Å². The second-order valence-corrected chi connectivity index (χ2v) is 8.35. The van der Waals surface area contributed by atoms with Crippen LogP contribution in [0.4, 0.5) is 4.79 Å². The summed E-state index contributed by atoms with van der Waals surface area (Å²) in [4.78, 5) is 37.5. The standard InChI is InChI=1S/C23H28BrN3O5/c1-3-15(2)20(26-23(30)32-14-17-7-5-4-6-8-17)22(29)25-19(21(28)27-31)13-16-9-11-18(24)12-10-16/h4-12,15,19-20,31H,3,13-14H2,1-2H3,(H,25,29)(H,26,30)(H,27,28)/t15-,19-,20-/m1/s1. The summed E-state index contributed by atoms with van der Waals surface area (Å²) >= 11 is 3.35. The van der Waals surface area contributed by atoms with Crippen molar-refractivity contribution in [3.63, 3.8) is 0 Å². The van der Waals surface area contributed by atoms with Gasteiger partial charge in [-0.05, 0) is 29.2 Å². The van der Waals surface area contributed by atoms with Gasteiger partial charge >= 0.3 is 6.09 Å². The number of halogens is 1. The maximum absolute atomic E-state index is 13.0. The van der Waals surface area contributed by atoms with Crippen molar-refractivity contribution in [1.82, 2.24) is 16.1 Å². The van der Waals surface area contributed by atoms with E-state index in [0.717, 1.165) is 15.6 Å². The van der Waals surface area contributed by atoms with Crippen molar-refractivity contribution < 1.29 is 24.3 Å². The molecule has 8 nitrogen and oxygen atoms in total. The molecule has 0 heterocycles. The average molecular weight is 506 g/mol. The first-order valence-corrected chi connectivity index (χ1v) is 11.1. The molecule has 9 heteroatoms. The zero-order valence-electron chi connectivity index (χ0n) is 18.0. The zero-order valence-corrected chi connectivity index (χ0v) is 19.6. The lowest BCUT2D eigenvalue weighted by atomic mass is 9.97. The highest BCUT2D eigenvalue weighted by Gasteiger charge is 2.30. The number of rotatable bonds is 10. The molecule has 0 spiro atoms. The number of carbonyl (C=O) groups is 3. The molecule has 172 valence electrons. The number of ether oxygens (including phenoxy) is 1. The van der Waals surface area contributed by atoms with Crippen LogP contribution in [0.25, 0.3) is 0 Å². The van der Waals surface area contributed by atoms with Gasteiger partial charge in [-0.1, -0.05) is 78.7 Å². The average Bonchev–Trinajstić information content (AvgIpc) is 2.81. The molecule has 0 bridgehead atoms. The van der Waals surface area contributed by atoms with Crippen molar-refractivity contribution in [3.8, 4) is 0 Å². The molecule has 0 saturated heterocycles. The molecule has 2 rings (SSSR count). The molecule has 0 unspecified atom stereocenters. The van der Waals surface area contributed by atoms with E-state index < -0.39 is 30.0 Å². The van der Waals surface area contributed by atoms with E-state index >= 15 is 0 Å². The first-order chi connectivity index (χ1) is 15.3. The molecule has 0 fully saturated rings. The predicted molar refractivity (Wildman–Crippen MR) is 123 cm³/mol. The van der Waals surface area contributed by atoms with Crippen molar-refractivity contribution in [2.24, 2.45) is 5.92 Å². The molecule has 0 aliphatic carbocycles. The lowest BCUT2D eigenvalue weighted by Crippen LogP contribution is -2.56. The molecular weight excluding hydrogens is 478 g/mol. The lowest BCUT2D eigenvalue weighted by Gasteiger charge is -2.26. The Morgan fingerprint density at radius 3 is 2.22 bits per heavy atom. The smallest absolute Gasteiger partial charge is 0.408 e. The van der Waals surface area contributed by atoms with E-state index in [-0.39, 0.29) is 18.9 Å². The van der Waals surface area contributed by atoms with Crippen LogP contribution in [0, 0.1) is 5.92 Å². The van der Waals surface area contributed by atoms with Gasteiger partial charge in [0.05, 0.1) is 0 Å². The fraction of sp³-hybridized carbons (Fsp3) is 0.348. The van der Waals surface area contributed by atoms with Gasteiger partial charge in [-0.2, -0.15) is 0 Å². The third kappa shape index (κ3) is 7.97. The van der Waals surface area contributed by atoms with Gasteiger partial charge in [0.25, 0.3) is 5.91 Å². The van der Waals surface area contributed by atoms with Crippen LogP contribution in [-0.2, 0) is 27.4 Å². The Bertz CT molecular complexity index is 892. The number of hydrogen-bond acceptors (Lipinski definition) is 5. The molecule has 0 radical (unpaired) electrons. The molecule has 0 aliphatic heterocycles. The van der Waals surface area contributed by atoms with Crippen molar-refractivity contribution in [2.75, 3.05) is 0 Å². The van der Waals surface area contributed by atoms with Gasteiger partial charge in [0.15, 0.2) is 0 Å². The van der Waals surface area contributed by atoms with Gasteiger partial charge in [-0.25, -0.2) is 10.3 Å². The minimum Gasteiger partial charge on any atom is -0.445 e. The highest BCUT2D eigenvalue weighted by atomic mass is 79.9. The number of alkyl carbamates (subject to hydrolysis) is 1. The highest BCUT2D eigenvalue weighted by Crippen LogP contribution is 2.13. The van der Waals surface area contributed by atoms with Crippen LogP contribution in [0.2, 0.25) is 0 Å². The summed E-state index contributed by atoms with van der Waals surface area (Å²) in [6, 6.07) is 14.5. The second-order valence-electron chi connectivity index (χ2n) is 7.44. The number of benzene rings is 2. The molecule has 0 aliphatic rings. The summed E-state index contributed by atoms with van der Waals surface area (Å²) in [7, 11) is 0. The molecule has 0 aromatic heterocycles. The Morgan fingerprint density at radius 2 is 1.62 bits per heavy atom. The lowest BCUT2D eigenvalue weighted by molar-refractivity contribution is -0.135. The van der Waals surface area contributed by atoms with E-state index in [9.17, 15) is 14.4 Å². The molecule has 4 N–H and O–H groups in total. The van der Waals surface area contributed by atoms with Crippen LogP contribution in [0.5, 0.6) is 0 Å². The van der Waals surface area contributed by atoms with Gasteiger partial charge in [-0.3, -0.25) is 14.8 Å². The van der Waals surface area contributed by atoms with Crippen LogP contribution >= 0.6 is 15.9 Å². The summed E-state index contributed by atoms with van der Waals surface area (Å²) < 4.78 is 6.11. The first-order valence-electron chi connectivity index (χ1n) is 10.3. The largest absolute Gasteiger partial charge is 0.445 e. The Labute approximate surface area is 195 Å². The Hall–Kier alpha value is -2.91. The number of nitrogens with one attached hydrogen (secondary N) is 3. The van der Waals surface area contributed by atoms with E-state index in [0.29, 0.717) is 6.42 Å². The maximum Gasteiger partial charge on any atom is 0.408 e. The minimum absolute atomic E-state index is 0.0701. The molecule has 2 aromatic rings. The van der Waals surface area contributed by atoms with Gasteiger partial charge in [0.2, 0.25) is 5.91 Å². The number of hydrogen-bond donors (Lipinski definition) is 4. The second kappa shape index (κ2) is 12.8. The normalized spacial score (nSPS) is 13.4. The third-order valence-corrected chi connectivity index (χ3v) is 5.61. The number of amides is 3. The minimum atomic E-state index is -1.03. The Kier molecular flexibility index (Phi) is 10.2. The Morgan fingerprint density at radius 1 is 0.969 bits per heavy atom. The molecule has 3 amide bonds. The van der Waals surface area contributed by atoms with Crippen LogP contribution in [0.3, 0.4) is 0 Å². The quantitative estimate of drug-likeness (QED) is 0.292. The predicted octanol–water partition coefficient (Wildman–Crippen LogP) is 3.32. The topological polar surface area (TPSA) is 117 Å². The van der Waals surface area contributed by atoms with Crippen LogP contribution in [0.1, 0.15) is 31.4 Å². The van der Waals surface area contributed by atoms with Gasteiger partial charge in [0.1, 0.15) is 18.7 Å². The third-order valence-electron chi connectivity index (χ3n) is 5.08. The Balaban J connectivity index is 2.05. The molecule has 3 atom stereocenters. The fourth-order valence-corrected chi connectivity index (χ4v) is 3.26. The van der Waals surface area contributed by atoms with Gasteiger partial charge in [0, 0.05) is 10.9 Å². The van der Waals surface area contributed by atoms with E-state index in [1.807, 2.05) is 56.3 Å². The monoisotopic (exact) mass is 505 g/mol. The van der Waals surface area contributed by atoms with Crippen molar-refractivity contribution >= 4 is 33.8 Å². The van der Waals surface area contributed by atoms with Gasteiger partial charge in [-0.15, -0.1) is 0 Å². The summed E-state index contributed by atoms with van der Waals surface area (Å²) in [5.41, 5.74) is 3.20. The van der Waals surface area contributed by atoms with E-state index in [4.69, 9.17) is 9.94 Å². The summed E-state index contributed by atoms with van der Waals surface area (Å²) in [6.45, 7) is 3.78. The summed E-state index contributed by atoms with van der Waals surface area (Å²) in [5.74, 6) is -1.51. The number of hydroxylamine groups is 1. The fourth-order valence-electron chi connectivity index (χ4n) is 3.00. The molecule has 0 saturated carbocycles. The van der Waals surface area contributed by atoms with Gasteiger partial charge < -0.3 is 15.4 Å². The van der Waals surface area contributed by atoms with E-state index in [1.165, 1.54) is 0 Å². The van der Waals surface area contributed by atoms with Crippen LogP contribution < -0.4 is 16.1 Å². The molecular formula is C23H28BrN3O5. The first kappa shape index (κ1) is 25.4. The maximum atomic E-state index is 13.0. The number of carbonyl (C=O) groups excluding carboxylic acids is 3. The summed E-state index contributed by atoms with van der Waals surface area (Å²) in [5, 5.41) is 14.3. The van der Waals surface area contributed by atoms with E-state index in [1.54, 1.807) is 17.6 Å². The van der Waals surface area contributed by atoms with Crippen LogP contribution in [0.15, 0.2) is 59.1 Å². The molecule has 2 aromatic carbocycles. The van der Waals surface area contributed by atoms with Crippen molar-refractivity contribution in [3.05, 3.63) is 70.2 Å².